The maximum atomic E-state index is 5.86. The quantitative estimate of drug-likeness (QED) is 0.148. The molecule has 0 amide bonds. The number of fused-ring (bicyclic) bond motifs is 15. The maximum absolute atomic E-state index is 5.86. The van der Waals surface area contributed by atoms with Crippen molar-refractivity contribution in [3.05, 3.63) is 326 Å². The lowest BCUT2D eigenvalue weighted by atomic mass is 10.0. The van der Waals surface area contributed by atoms with E-state index in [1.165, 1.54) is 121 Å². The van der Waals surface area contributed by atoms with Crippen molar-refractivity contribution in [3.63, 3.8) is 0 Å². The number of para-hydroxylation sites is 1. The summed E-state index contributed by atoms with van der Waals surface area (Å²) in [6.45, 7) is 33.1. The Balaban J connectivity index is 0.000000116. The molecule has 0 unspecified atom stereocenters. The second kappa shape index (κ2) is 30.8. The van der Waals surface area contributed by atoms with Crippen LogP contribution in [0.3, 0.4) is 0 Å². The fraction of sp³-hybridized carbons (Fsp3) is 0.176. The van der Waals surface area contributed by atoms with Crippen LogP contribution >= 0.6 is 0 Å². The first-order valence-corrected chi connectivity index (χ1v) is 33.8. The molecule has 0 radical (unpaired) electrons. The summed E-state index contributed by atoms with van der Waals surface area (Å²) in [6.07, 6.45) is 3.69. The zero-order valence-electron chi connectivity index (χ0n) is 59.9. The van der Waals surface area contributed by atoms with Gasteiger partial charge >= 0.3 is 0 Å². The van der Waals surface area contributed by atoms with Gasteiger partial charge in [-0.05, 0) is 263 Å². The summed E-state index contributed by atoms with van der Waals surface area (Å²) in [7, 11) is 0. The minimum Gasteiger partial charge on any atom is -0.456 e. The van der Waals surface area contributed by atoms with E-state index in [-0.39, 0.29) is 0 Å². The number of pyridine rings is 3. The van der Waals surface area contributed by atoms with Gasteiger partial charge in [-0.15, -0.1) is 0 Å². The molecule has 0 saturated heterocycles. The zero-order valence-corrected chi connectivity index (χ0v) is 59.9. The molecule has 496 valence electrons. The molecule has 0 bridgehead atoms. The molecule has 0 aliphatic rings. The normalized spacial score (nSPS) is 10.8. The molecule has 10 aromatic carbocycles. The van der Waals surface area contributed by atoms with Gasteiger partial charge in [-0.1, -0.05) is 139 Å². The van der Waals surface area contributed by atoms with Gasteiger partial charge in [-0.25, -0.2) is 0 Å². The van der Waals surface area contributed by atoms with Gasteiger partial charge in [0.1, 0.15) is 55.8 Å². The first-order valence-electron chi connectivity index (χ1n) is 33.8. The van der Waals surface area contributed by atoms with Gasteiger partial charge in [0.05, 0.1) is 0 Å². The van der Waals surface area contributed by atoms with Crippen LogP contribution in [-0.4, -0.2) is 15.0 Å². The summed E-state index contributed by atoms with van der Waals surface area (Å²) in [4.78, 5) is 12.3. The Morgan fingerprint density at radius 1 is 0.212 bits per heavy atom. The van der Waals surface area contributed by atoms with Crippen molar-refractivity contribution in [2.45, 2.75) is 111 Å². The third-order valence-electron chi connectivity index (χ3n) is 17.4. The monoisotopic (exact) mass is 1300 g/mol. The lowest BCUT2D eigenvalue weighted by Gasteiger charge is -1.97. The molecule has 8 heterocycles. The van der Waals surface area contributed by atoms with Crippen molar-refractivity contribution >= 4 is 110 Å². The lowest BCUT2D eigenvalue weighted by Crippen LogP contribution is -1.81. The average Bonchev–Trinajstić information content (AvgIpc) is 1.66. The van der Waals surface area contributed by atoms with Crippen LogP contribution < -0.4 is 0 Å². The van der Waals surface area contributed by atoms with Crippen molar-refractivity contribution in [1.82, 2.24) is 15.0 Å². The Labute approximate surface area is 580 Å². The molecule has 0 fully saturated rings. The van der Waals surface area contributed by atoms with Gasteiger partial charge in [0.2, 0.25) is 0 Å². The predicted octanol–water partition coefficient (Wildman–Crippen LogP) is 26.1. The third-order valence-corrected chi connectivity index (χ3v) is 17.4. The number of nitrogens with zero attached hydrogens (tertiary/aromatic N) is 3. The molecule has 0 aliphatic carbocycles. The molecule has 8 heteroatoms. The van der Waals surface area contributed by atoms with Crippen LogP contribution in [0.1, 0.15) is 89.5 Å². The van der Waals surface area contributed by atoms with E-state index in [0.29, 0.717) is 0 Å². The lowest BCUT2D eigenvalue weighted by molar-refractivity contribution is 0.665. The van der Waals surface area contributed by atoms with Crippen molar-refractivity contribution in [3.8, 4) is 0 Å². The number of hydrogen-bond donors (Lipinski definition) is 0. The van der Waals surface area contributed by atoms with Crippen molar-refractivity contribution in [2.24, 2.45) is 0 Å². The second-order valence-corrected chi connectivity index (χ2v) is 26.1. The van der Waals surface area contributed by atoms with Crippen LogP contribution in [0.5, 0.6) is 0 Å². The van der Waals surface area contributed by atoms with Crippen LogP contribution in [-0.2, 0) is 0 Å². The molecular weight excluding hydrogens is 1220 g/mol. The van der Waals surface area contributed by atoms with Crippen molar-refractivity contribution in [2.75, 3.05) is 0 Å². The van der Waals surface area contributed by atoms with Crippen LogP contribution in [0.25, 0.3) is 110 Å². The fourth-order valence-corrected chi connectivity index (χ4v) is 12.4. The van der Waals surface area contributed by atoms with Gasteiger partial charge in [-0.3, -0.25) is 15.0 Å². The summed E-state index contributed by atoms with van der Waals surface area (Å²) >= 11 is 0. The van der Waals surface area contributed by atoms with E-state index in [0.717, 1.165) is 78.6 Å². The molecule has 0 atom stereocenters. The van der Waals surface area contributed by atoms with Gasteiger partial charge < -0.3 is 22.1 Å². The highest BCUT2D eigenvalue weighted by Crippen LogP contribution is 2.36. The molecule has 18 rings (SSSR count). The summed E-state index contributed by atoms with van der Waals surface area (Å²) < 4.78 is 29.1. The number of benzene rings is 10. The average molecular weight is 1300 g/mol. The topological polar surface area (TPSA) is 104 Å². The van der Waals surface area contributed by atoms with E-state index in [4.69, 9.17) is 22.1 Å². The van der Waals surface area contributed by atoms with Crippen LogP contribution in [0.4, 0.5) is 0 Å². The molecule has 99 heavy (non-hydrogen) atoms. The SMILES string of the molecule is Cc1ccc(C)nc1.Cc1ccc2c(c1)oc1cc(C)ccc12.Cc1ccc2c(c1)oc1ccc(C)cc12.Cc1ccc2c(c1)oc1cccc(C)c12.Cc1cccc(C)n1.Cc1cccc2c1oc1cccc(C)c12.Cc1cccc2oc3cccc(C)c3c12.Cc1ccnc(C)c1. The first-order chi connectivity index (χ1) is 47.6. The smallest absolute Gasteiger partial charge is 0.138 e. The molecule has 0 saturated carbocycles. The van der Waals surface area contributed by atoms with Crippen LogP contribution in [0.15, 0.2) is 259 Å². The van der Waals surface area contributed by atoms with E-state index in [2.05, 4.69) is 231 Å². The molecule has 8 nitrogen and oxygen atoms in total. The van der Waals surface area contributed by atoms with E-state index in [9.17, 15) is 0 Å². The van der Waals surface area contributed by atoms with Crippen molar-refractivity contribution < 1.29 is 22.1 Å². The van der Waals surface area contributed by atoms with Crippen molar-refractivity contribution in [1.29, 1.82) is 0 Å². The Bertz CT molecular complexity index is 5600. The number of furan rings is 5. The minimum atomic E-state index is 0.973. The highest BCUT2D eigenvalue weighted by atomic mass is 16.3. The Hall–Kier alpha value is -11.4. The second-order valence-electron chi connectivity index (χ2n) is 26.1. The fourth-order valence-electron chi connectivity index (χ4n) is 12.4. The molecular formula is C91H87N3O5. The molecule has 0 N–H and O–H groups in total. The Kier molecular flexibility index (Phi) is 21.5. The van der Waals surface area contributed by atoms with Gasteiger partial charge in [-0.2, -0.15) is 0 Å². The number of aryl methyl sites for hydroxylation is 16. The summed E-state index contributed by atoms with van der Waals surface area (Å²) in [5, 5.41) is 12.3. The minimum absolute atomic E-state index is 0.973. The van der Waals surface area contributed by atoms with E-state index < -0.39 is 0 Å². The Morgan fingerprint density at radius 2 is 0.586 bits per heavy atom. The van der Waals surface area contributed by atoms with Crippen LogP contribution in [0.2, 0.25) is 0 Å². The highest BCUT2D eigenvalue weighted by Gasteiger charge is 2.13. The number of rotatable bonds is 0. The van der Waals surface area contributed by atoms with Gasteiger partial charge in [0.15, 0.2) is 0 Å². The van der Waals surface area contributed by atoms with E-state index in [1.54, 1.807) is 0 Å². The number of hydrogen-bond acceptors (Lipinski definition) is 8. The molecule has 8 aromatic heterocycles. The first kappa shape index (κ1) is 69.0. The van der Waals surface area contributed by atoms with Gasteiger partial charge in [0.25, 0.3) is 0 Å². The largest absolute Gasteiger partial charge is 0.456 e. The Morgan fingerprint density at radius 3 is 1.05 bits per heavy atom. The van der Waals surface area contributed by atoms with Crippen LogP contribution in [0, 0.1) is 111 Å². The third kappa shape index (κ3) is 16.6. The molecule has 18 aromatic rings. The number of aromatic nitrogens is 3. The highest BCUT2D eigenvalue weighted by molar-refractivity contribution is 6.10. The predicted molar refractivity (Wildman–Crippen MR) is 417 cm³/mol. The molecule has 0 aliphatic heterocycles. The summed E-state index contributed by atoms with van der Waals surface area (Å²) in [5.41, 5.74) is 29.2. The molecule has 0 spiro atoms. The zero-order chi connectivity index (χ0) is 70.0. The van der Waals surface area contributed by atoms with Gasteiger partial charge in [0, 0.05) is 89.0 Å². The standard InChI is InChI=1S/5C14H12O.3C7H9N/c1-9-5-4-8-12-13(9)11-7-3-6-10(2)14(11)15-12;1-9-4-6-13-12(7-9)11-5-3-10(2)8-14(11)15-13;1-9-3-5-11-12-6-4-10(2)8-14(12)15-13(11)7-9;1-9-5-3-7-11-13(9)14-10(2)6-4-8-12(14)15-11;1-9-6-7-11-13(8-9)15-12-5-3-4-10(2)14(11)12;1-6-3-4-8-7(2)5-6;1-6-3-4-7(2)8-5-6;1-6-4-3-5-7(2)8-6/h5*3-8H,1-2H3;3*3-5H,1-2H3. The summed E-state index contributed by atoms with van der Waals surface area (Å²) in [5.74, 6) is 0. The van der Waals surface area contributed by atoms with E-state index in [1.807, 2.05) is 132 Å². The summed E-state index contributed by atoms with van der Waals surface area (Å²) in [6, 6.07) is 76.9. The maximum Gasteiger partial charge on any atom is 0.138 e. The van der Waals surface area contributed by atoms with E-state index >= 15 is 0 Å².